The van der Waals surface area contributed by atoms with Gasteiger partial charge in [-0.3, -0.25) is 0 Å². The maximum absolute atomic E-state index is 5.48. The van der Waals surface area contributed by atoms with Crippen molar-refractivity contribution in [3.8, 4) is 0 Å². The lowest BCUT2D eigenvalue weighted by Crippen LogP contribution is -2.40. The molecule has 0 aromatic rings. The van der Waals surface area contributed by atoms with Crippen LogP contribution in [0.3, 0.4) is 0 Å². The van der Waals surface area contributed by atoms with Gasteiger partial charge in [0.15, 0.2) is 6.49 Å². The first-order chi connectivity index (χ1) is 5.67. The second kappa shape index (κ2) is 3.35. The minimum Gasteiger partial charge on any atom is -0.381 e. The van der Waals surface area contributed by atoms with Crippen molar-refractivity contribution in [1.82, 2.24) is 0 Å². The van der Waals surface area contributed by atoms with Crippen molar-refractivity contribution >= 4 is 18.3 Å². The summed E-state index contributed by atoms with van der Waals surface area (Å²) in [5.41, 5.74) is 0. The maximum Gasteiger partial charge on any atom is 0.185 e. The van der Waals surface area contributed by atoms with E-state index in [2.05, 4.69) is 0 Å². The van der Waals surface area contributed by atoms with E-state index in [-0.39, 0.29) is 0 Å². The van der Waals surface area contributed by atoms with Gasteiger partial charge in [-0.25, -0.2) is 0 Å². The summed E-state index contributed by atoms with van der Waals surface area (Å²) in [7, 11) is 0. The molecule has 0 saturated carbocycles. The molecule has 3 nitrogen and oxygen atoms in total. The van der Waals surface area contributed by atoms with Gasteiger partial charge >= 0.3 is 0 Å². The summed E-state index contributed by atoms with van der Waals surface area (Å²) in [6, 6.07) is 0. The molecule has 0 aromatic carbocycles. The first kappa shape index (κ1) is 9.10. The third kappa shape index (κ3) is 1.88. The molecule has 0 spiro atoms. The Balaban J connectivity index is 1.85. The second-order valence-electron chi connectivity index (χ2n) is 3.42. The van der Waals surface area contributed by atoms with Crippen molar-refractivity contribution in [1.29, 1.82) is 0 Å². The van der Waals surface area contributed by atoms with Gasteiger partial charge in [-0.1, -0.05) is 0 Å². The van der Waals surface area contributed by atoms with Crippen LogP contribution in [0, 0.1) is 11.8 Å². The van der Waals surface area contributed by atoms with Gasteiger partial charge in [0.05, 0.1) is 26.4 Å². The third-order valence-electron chi connectivity index (χ3n) is 2.38. The van der Waals surface area contributed by atoms with Crippen molar-refractivity contribution in [3.05, 3.63) is 0 Å². The van der Waals surface area contributed by atoms with E-state index in [4.69, 9.17) is 25.6 Å². The molecule has 0 radical (unpaired) electrons. The van der Waals surface area contributed by atoms with E-state index in [1.165, 1.54) is 0 Å². The van der Waals surface area contributed by atoms with Crippen LogP contribution in [0.15, 0.2) is 0 Å². The zero-order valence-electron chi connectivity index (χ0n) is 7.06. The molecular formula is C7H13O3PS. The van der Waals surface area contributed by atoms with Gasteiger partial charge in [-0.2, -0.15) is 0 Å². The predicted octanol–water partition coefficient (Wildman–Crippen LogP) is 1.24. The Labute approximate surface area is 77.6 Å². The summed E-state index contributed by atoms with van der Waals surface area (Å²) in [4.78, 5) is 0. The molecule has 0 aliphatic carbocycles. The van der Waals surface area contributed by atoms with Crippen LogP contribution in [0.1, 0.15) is 0 Å². The number of ether oxygens (including phenoxy) is 1. The molecule has 2 aliphatic heterocycles. The largest absolute Gasteiger partial charge is 0.381 e. The highest BCUT2D eigenvalue weighted by Gasteiger charge is 2.33. The molecule has 0 aromatic heterocycles. The normalized spacial score (nSPS) is 43.9. The smallest absolute Gasteiger partial charge is 0.185 e. The van der Waals surface area contributed by atoms with Gasteiger partial charge in [-0.05, 0) is 11.8 Å². The van der Waals surface area contributed by atoms with Gasteiger partial charge in [0.2, 0.25) is 0 Å². The molecule has 2 fully saturated rings. The first-order valence-electron chi connectivity index (χ1n) is 4.12. The average molecular weight is 208 g/mol. The zero-order valence-corrected chi connectivity index (χ0v) is 8.77. The molecule has 5 heteroatoms. The van der Waals surface area contributed by atoms with E-state index < -0.39 is 6.49 Å². The topological polar surface area (TPSA) is 27.7 Å². The van der Waals surface area contributed by atoms with Crippen LogP contribution in [0.5, 0.6) is 0 Å². The first-order valence-corrected chi connectivity index (χ1v) is 7.20. The molecule has 2 heterocycles. The van der Waals surface area contributed by atoms with E-state index >= 15 is 0 Å². The average Bonchev–Trinajstić information content (AvgIpc) is 1.89. The third-order valence-corrected chi connectivity index (χ3v) is 4.25. The van der Waals surface area contributed by atoms with E-state index in [0.717, 1.165) is 26.4 Å². The van der Waals surface area contributed by atoms with Gasteiger partial charge in [0.25, 0.3) is 0 Å². The highest BCUT2D eigenvalue weighted by atomic mass is 32.5. The lowest BCUT2D eigenvalue weighted by Gasteiger charge is -2.38. The Morgan fingerprint density at radius 1 is 1.08 bits per heavy atom. The number of rotatable bonds is 1. The highest BCUT2D eigenvalue weighted by Crippen LogP contribution is 2.49. The number of hydrogen-bond acceptors (Lipinski definition) is 4. The number of hydrogen-bond donors (Lipinski definition) is 0. The van der Waals surface area contributed by atoms with Gasteiger partial charge in [0, 0.05) is 18.5 Å². The van der Waals surface area contributed by atoms with Crippen LogP contribution in [0.4, 0.5) is 0 Å². The summed E-state index contributed by atoms with van der Waals surface area (Å²) in [5, 5.41) is 0. The van der Waals surface area contributed by atoms with Crippen molar-refractivity contribution < 1.29 is 13.8 Å². The quantitative estimate of drug-likeness (QED) is 0.606. The predicted molar refractivity (Wildman–Crippen MR) is 49.9 cm³/mol. The molecule has 2 saturated heterocycles. The minimum atomic E-state index is -1.86. The van der Waals surface area contributed by atoms with Crippen molar-refractivity contribution in [3.63, 3.8) is 0 Å². The molecule has 70 valence electrons. The SMILES string of the molecule is CP1(=S)OCC(C2COC2)CO1. The summed E-state index contributed by atoms with van der Waals surface area (Å²) in [5.74, 6) is 1.15. The van der Waals surface area contributed by atoms with E-state index in [1.54, 1.807) is 0 Å². The molecule has 2 aliphatic rings. The molecule has 0 amide bonds. The van der Waals surface area contributed by atoms with Crippen molar-refractivity contribution in [2.45, 2.75) is 0 Å². The summed E-state index contributed by atoms with van der Waals surface area (Å²) in [6.45, 7) is 3.29. The zero-order chi connectivity index (χ0) is 8.60. The highest BCUT2D eigenvalue weighted by molar-refractivity contribution is 8.09. The van der Waals surface area contributed by atoms with Gasteiger partial charge in [0.1, 0.15) is 0 Å². The maximum atomic E-state index is 5.48. The lowest BCUT2D eigenvalue weighted by atomic mass is 9.92. The molecule has 0 bridgehead atoms. The van der Waals surface area contributed by atoms with E-state index in [9.17, 15) is 0 Å². The minimum absolute atomic E-state index is 0.509. The van der Waals surface area contributed by atoms with Crippen LogP contribution in [0.25, 0.3) is 0 Å². The summed E-state index contributed by atoms with van der Waals surface area (Å²) in [6.07, 6.45) is 0. The Hall–Kier alpha value is 0.530. The Morgan fingerprint density at radius 3 is 2.00 bits per heavy atom. The fraction of sp³-hybridized carbons (Fsp3) is 1.00. The van der Waals surface area contributed by atoms with E-state index in [1.807, 2.05) is 6.66 Å². The monoisotopic (exact) mass is 208 g/mol. The molecular weight excluding hydrogens is 195 g/mol. The Morgan fingerprint density at radius 2 is 1.58 bits per heavy atom. The lowest BCUT2D eigenvalue weighted by molar-refractivity contribution is -0.0849. The summed E-state index contributed by atoms with van der Waals surface area (Å²) >= 11 is 5.12. The Bertz CT molecular complexity index is 205. The van der Waals surface area contributed by atoms with Crippen molar-refractivity contribution in [2.24, 2.45) is 11.8 Å². The van der Waals surface area contributed by atoms with Crippen LogP contribution in [0.2, 0.25) is 0 Å². The van der Waals surface area contributed by atoms with Gasteiger partial charge < -0.3 is 13.8 Å². The molecule has 0 unspecified atom stereocenters. The second-order valence-corrected chi connectivity index (χ2v) is 7.47. The fourth-order valence-electron chi connectivity index (χ4n) is 1.35. The van der Waals surface area contributed by atoms with Gasteiger partial charge in [-0.15, -0.1) is 0 Å². The summed E-state index contributed by atoms with van der Waals surface area (Å²) < 4.78 is 16.1. The van der Waals surface area contributed by atoms with E-state index in [0.29, 0.717) is 11.8 Å². The van der Waals surface area contributed by atoms with Crippen LogP contribution in [-0.2, 0) is 25.6 Å². The molecule has 12 heavy (non-hydrogen) atoms. The molecule has 0 atom stereocenters. The van der Waals surface area contributed by atoms with Crippen LogP contribution >= 0.6 is 6.49 Å². The van der Waals surface area contributed by atoms with Crippen molar-refractivity contribution in [2.75, 3.05) is 33.1 Å². The standard InChI is InChI=1S/C7H13O3PS/c1-11(12)9-4-7(5-10-11)6-2-8-3-6/h6-7H,2-5H2,1H3. The Kier molecular flexibility index (Phi) is 2.54. The fourth-order valence-corrected chi connectivity index (χ4v) is 2.71. The molecule has 0 N–H and O–H groups in total. The van der Waals surface area contributed by atoms with Crippen LogP contribution < -0.4 is 0 Å². The van der Waals surface area contributed by atoms with Crippen LogP contribution in [-0.4, -0.2) is 33.1 Å². The molecule has 2 rings (SSSR count).